The summed E-state index contributed by atoms with van der Waals surface area (Å²) in [5.41, 5.74) is 6.90. The highest BCUT2D eigenvalue weighted by molar-refractivity contribution is 7.99. The standard InChI is InChI=1S/C11H10ClN3OS/c1-6-5-16-11(15-6)17-9-3-2-7(12)4-8(9)10(13)14/h2-5H,1H3,(H3,13,14). The Hall–Kier alpha value is -1.46. The fourth-order valence-electron chi connectivity index (χ4n) is 1.28. The van der Waals surface area contributed by atoms with Crippen LogP contribution in [0.4, 0.5) is 0 Å². The van der Waals surface area contributed by atoms with E-state index >= 15 is 0 Å². The van der Waals surface area contributed by atoms with Gasteiger partial charge in [-0.2, -0.15) is 0 Å². The second-order valence-electron chi connectivity index (χ2n) is 3.41. The van der Waals surface area contributed by atoms with Gasteiger partial charge in [0.05, 0.1) is 5.69 Å². The van der Waals surface area contributed by atoms with Crippen LogP contribution >= 0.6 is 23.4 Å². The number of aromatic nitrogens is 1. The maximum Gasteiger partial charge on any atom is 0.260 e. The Balaban J connectivity index is 2.35. The highest BCUT2D eigenvalue weighted by atomic mass is 35.5. The number of oxazole rings is 1. The van der Waals surface area contributed by atoms with Crippen LogP contribution in [0.25, 0.3) is 0 Å². The first-order chi connectivity index (χ1) is 8.06. The van der Waals surface area contributed by atoms with Gasteiger partial charge in [-0.1, -0.05) is 11.6 Å². The fraction of sp³-hybridized carbons (Fsp3) is 0.0909. The van der Waals surface area contributed by atoms with Crippen molar-refractivity contribution in [2.75, 3.05) is 0 Å². The highest BCUT2D eigenvalue weighted by Gasteiger charge is 2.11. The molecule has 1 aromatic carbocycles. The minimum Gasteiger partial charge on any atom is -0.439 e. The average molecular weight is 268 g/mol. The number of nitrogen functional groups attached to an aromatic ring is 1. The van der Waals surface area contributed by atoms with Crippen molar-refractivity contribution in [3.8, 4) is 0 Å². The van der Waals surface area contributed by atoms with E-state index in [0.29, 0.717) is 15.8 Å². The van der Waals surface area contributed by atoms with E-state index in [0.717, 1.165) is 10.6 Å². The summed E-state index contributed by atoms with van der Waals surface area (Å²) in [4.78, 5) is 4.98. The molecule has 4 nitrogen and oxygen atoms in total. The monoisotopic (exact) mass is 267 g/mol. The van der Waals surface area contributed by atoms with Crippen LogP contribution in [-0.2, 0) is 0 Å². The van der Waals surface area contributed by atoms with E-state index in [1.807, 2.05) is 6.92 Å². The molecule has 88 valence electrons. The summed E-state index contributed by atoms with van der Waals surface area (Å²) >= 11 is 7.18. The molecule has 0 aliphatic carbocycles. The molecule has 0 aliphatic rings. The molecule has 1 aromatic heterocycles. The number of hydrogen-bond acceptors (Lipinski definition) is 4. The molecule has 17 heavy (non-hydrogen) atoms. The van der Waals surface area contributed by atoms with Gasteiger partial charge in [0, 0.05) is 15.5 Å². The minimum absolute atomic E-state index is 0.0294. The first-order valence-electron chi connectivity index (χ1n) is 4.80. The molecular weight excluding hydrogens is 258 g/mol. The molecule has 0 amide bonds. The number of hydrogen-bond donors (Lipinski definition) is 2. The van der Waals surface area contributed by atoms with E-state index < -0.39 is 0 Å². The van der Waals surface area contributed by atoms with E-state index in [1.165, 1.54) is 11.8 Å². The van der Waals surface area contributed by atoms with Crippen LogP contribution in [0.2, 0.25) is 5.02 Å². The molecule has 2 aromatic rings. The van der Waals surface area contributed by atoms with Crippen molar-refractivity contribution in [2.45, 2.75) is 17.0 Å². The van der Waals surface area contributed by atoms with Crippen molar-refractivity contribution in [3.05, 3.63) is 40.7 Å². The van der Waals surface area contributed by atoms with Gasteiger partial charge >= 0.3 is 0 Å². The van der Waals surface area contributed by atoms with Gasteiger partial charge in [-0.3, -0.25) is 5.41 Å². The minimum atomic E-state index is -0.0294. The van der Waals surface area contributed by atoms with Crippen molar-refractivity contribution in [2.24, 2.45) is 5.73 Å². The molecule has 2 rings (SSSR count). The van der Waals surface area contributed by atoms with Gasteiger partial charge in [0.2, 0.25) is 0 Å². The lowest BCUT2D eigenvalue weighted by molar-refractivity contribution is 0.454. The smallest absolute Gasteiger partial charge is 0.260 e. The predicted molar refractivity (Wildman–Crippen MR) is 67.8 cm³/mol. The quantitative estimate of drug-likeness (QED) is 0.662. The predicted octanol–water partition coefficient (Wildman–Crippen LogP) is 3.07. The average Bonchev–Trinajstić information content (AvgIpc) is 2.66. The molecular formula is C11H10ClN3OS. The van der Waals surface area contributed by atoms with Crippen LogP contribution < -0.4 is 5.73 Å². The summed E-state index contributed by atoms with van der Waals surface area (Å²) < 4.78 is 5.24. The van der Waals surface area contributed by atoms with Crippen molar-refractivity contribution in [1.29, 1.82) is 5.41 Å². The summed E-state index contributed by atoms with van der Waals surface area (Å²) in [6, 6.07) is 5.19. The van der Waals surface area contributed by atoms with Gasteiger partial charge in [-0.15, -0.1) is 0 Å². The van der Waals surface area contributed by atoms with E-state index in [1.54, 1.807) is 24.5 Å². The zero-order valence-electron chi connectivity index (χ0n) is 9.03. The zero-order chi connectivity index (χ0) is 12.4. The van der Waals surface area contributed by atoms with Gasteiger partial charge in [0.25, 0.3) is 5.22 Å². The lowest BCUT2D eigenvalue weighted by Gasteiger charge is -2.05. The lowest BCUT2D eigenvalue weighted by Crippen LogP contribution is -2.12. The van der Waals surface area contributed by atoms with Gasteiger partial charge in [0.15, 0.2) is 0 Å². The van der Waals surface area contributed by atoms with Gasteiger partial charge in [0.1, 0.15) is 12.1 Å². The number of halogens is 1. The second kappa shape index (κ2) is 4.81. The molecule has 0 atom stereocenters. The third kappa shape index (κ3) is 2.81. The fourth-order valence-corrected chi connectivity index (χ4v) is 2.34. The van der Waals surface area contributed by atoms with E-state index in [9.17, 15) is 0 Å². The summed E-state index contributed by atoms with van der Waals surface area (Å²) in [6.07, 6.45) is 1.58. The third-order valence-electron chi connectivity index (χ3n) is 2.03. The Bertz CT molecular complexity index is 568. The molecule has 0 saturated carbocycles. The second-order valence-corrected chi connectivity index (χ2v) is 4.84. The van der Waals surface area contributed by atoms with Gasteiger partial charge in [-0.05, 0) is 36.9 Å². The SMILES string of the molecule is Cc1coc(Sc2ccc(Cl)cc2C(=N)N)n1. The van der Waals surface area contributed by atoms with Crippen molar-refractivity contribution >= 4 is 29.2 Å². The molecule has 0 aliphatic heterocycles. The van der Waals surface area contributed by atoms with Crippen molar-refractivity contribution < 1.29 is 4.42 Å². The number of nitrogens with zero attached hydrogens (tertiary/aromatic N) is 1. The van der Waals surface area contributed by atoms with Crippen molar-refractivity contribution in [3.63, 3.8) is 0 Å². The van der Waals surface area contributed by atoms with Gasteiger partial charge in [-0.25, -0.2) is 4.98 Å². The third-order valence-corrected chi connectivity index (χ3v) is 3.20. The van der Waals surface area contributed by atoms with E-state index in [-0.39, 0.29) is 5.84 Å². The van der Waals surface area contributed by atoms with Crippen LogP contribution in [0.15, 0.2) is 39.0 Å². The molecule has 0 radical (unpaired) electrons. The summed E-state index contributed by atoms with van der Waals surface area (Å²) in [7, 11) is 0. The first-order valence-corrected chi connectivity index (χ1v) is 5.99. The molecule has 0 bridgehead atoms. The van der Waals surface area contributed by atoms with Crippen molar-refractivity contribution in [1.82, 2.24) is 4.98 Å². The maximum absolute atomic E-state index is 7.50. The van der Waals surface area contributed by atoms with Crippen LogP contribution in [0.5, 0.6) is 0 Å². The van der Waals surface area contributed by atoms with Gasteiger partial charge < -0.3 is 10.2 Å². The Morgan fingerprint density at radius 1 is 1.53 bits per heavy atom. The number of rotatable bonds is 3. The Kier molecular flexibility index (Phi) is 3.40. The normalized spacial score (nSPS) is 10.5. The number of nitrogens with one attached hydrogen (secondary N) is 1. The summed E-state index contributed by atoms with van der Waals surface area (Å²) in [5.74, 6) is -0.0294. The maximum atomic E-state index is 7.50. The number of amidine groups is 1. The number of benzene rings is 1. The molecule has 6 heteroatoms. The Morgan fingerprint density at radius 3 is 2.88 bits per heavy atom. The molecule has 0 spiro atoms. The zero-order valence-corrected chi connectivity index (χ0v) is 10.6. The summed E-state index contributed by atoms with van der Waals surface area (Å²) in [5, 5.41) is 8.56. The van der Waals surface area contributed by atoms with Crippen LogP contribution in [-0.4, -0.2) is 10.8 Å². The van der Waals surface area contributed by atoms with E-state index in [2.05, 4.69) is 4.98 Å². The first kappa shape index (κ1) is 12.0. The molecule has 3 N–H and O–H groups in total. The summed E-state index contributed by atoms with van der Waals surface area (Å²) in [6.45, 7) is 1.85. The molecule has 0 fully saturated rings. The highest BCUT2D eigenvalue weighted by Crippen LogP contribution is 2.31. The molecule has 0 unspecified atom stereocenters. The van der Waals surface area contributed by atoms with E-state index in [4.69, 9.17) is 27.2 Å². The van der Waals surface area contributed by atoms with Crippen LogP contribution in [0.3, 0.4) is 0 Å². The lowest BCUT2D eigenvalue weighted by atomic mass is 10.2. The Morgan fingerprint density at radius 2 is 2.29 bits per heavy atom. The van der Waals surface area contributed by atoms with Crippen LogP contribution in [0.1, 0.15) is 11.3 Å². The molecule has 1 heterocycles. The topological polar surface area (TPSA) is 75.9 Å². The largest absolute Gasteiger partial charge is 0.439 e. The number of aryl methyl sites for hydroxylation is 1. The van der Waals surface area contributed by atoms with Crippen LogP contribution in [0, 0.1) is 12.3 Å². The number of nitrogens with two attached hydrogens (primary N) is 1. The molecule has 0 saturated heterocycles. The Labute approximate surface area is 108 Å².